The highest BCUT2D eigenvalue weighted by Crippen LogP contribution is 2.30. The van der Waals surface area contributed by atoms with Gasteiger partial charge < -0.3 is 10.6 Å². The lowest BCUT2D eigenvalue weighted by molar-refractivity contribution is 0.0770. The third-order valence-corrected chi connectivity index (χ3v) is 2.88. The maximum absolute atomic E-state index is 12.2. The number of anilines is 1. The van der Waals surface area contributed by atoms with Crippen molar-refractivity contribution in [2.24, 2.45) is 5.92 Å². The fourth-order valence-corrected chi connectivity index (χ4v) is 1.80. The Morgan fingerprint density at radius 2 is 2.29 bits per heavy atom. The average molecular weight is 228 g/mol. The van der Waals surface area contributed by atoms with Crippen LogP contribution in [0, 0.1) is 18.3 Å². The Balaban J connectivity index is 2.12. The number of rotatable bonds is 4. The Labute approximate surface area is 102 Å². The minimum absolute atomic E-state index is 0.0258. The van der Waals surface area contributed by atoms with E-state index in [2.05, 4.69) is 5.92 Å². The topological polar surface area (TPSA) is 46.3 Å². The number of carbonyl (C=O) groups excluding carboxylic acids is 1. The predicted octanol–water partition coefficient (Wildman–Crippen LogP) is 1.75. The van der Waals surface area contributed by atoms with E-state index in [-0.39, 0.29) is 5.91 Å². The highest BCUT2D eigenvalue weighted by Gasteiger charge is 2.26. The van der Waals surface area contributed by atoms with Gasteiger partial charge in [-0.2, -0.15) is 0 Å². The molecule has 88 valence electrons. The molecule has 0 bridgehead atoms. The molecule has 2 N–H and O–H groups in total. The molecule has 1 aliphatic rings. The van der Waals surface area contributed by atoms with Crippen LogP contribution in [-0.4, -0.2) is 23.9 Å². The van der Waals surface area contributed by atoms with E-state index in [0.29, 0.717) is 23.7 Å². The summed E-state index contributed by atoms with van der Waals surface area (Å²) in [6.07, 6.45) is 7.70. The van der Waals surface area contributed by atoms with Crippen LogP contribution < -0.4 is 5.73 Å². The highest BCUT2D eigenvalue weighted by atomic mass is 16.2. The number of carbonyl (C=O) groups is 1. The van der Waals surface area contributed by atoms with Crippen LogP contribution in [0.25, 0.3) is 0 Å². The van der Waals surface area contributed by atoms with Crippen LogP contribution in [0.1, 0.15) is 23.2 Å². The van der Waals surface area contributed by atoms with Crippen LogP contribution in [0.2, 0.25) is 0 Å². The predicted molar refractivity (Wildman–Crippen MR) is 68.3 cm³/mol. The van der Waals surface area contributed by atoms with Crippen LogP contribution in [0.4, 0.5) is 5.69 Å². The Hall–Kier alpha value is -1.95. The number of benzene rings is 1. The second kappa shape index (κ2) is 4.92. The minimum Gasteiger partial charge on any atom is -0.399 e. The molecule has 0 saturated heterocycles. The summed E-state index contributed by atoms with van der Waals surface area (Å²) >= 11 is 0. The van der Waals surface area contributed by atoms with Gasteiger partial charge >= 0.3 is 0 Å². The molecule has 1 fully saturated rings. The largest absolute Gasteiger partial charge is 0.399 e. The molecule has 0 heterocycles. The monoisotopic (exact) mass is 228 g/mol. The van der Waals surface area contributed by atoms with Gasteiger partial charge in [0.25, 0.3) is 5.91 Å². The van der Waals surface area contributed by atoms with Crippen molar-refractivity contribution in [1.82, 2.24) is 4.90 Å². The Kier molecular flexibility index (Phi) is 3.34. The first-order valence-electron chi connectivity index (χ1n) is 5.79. The van der Waals surface area contributed by atoms with E-state index in [1.807, 2.05) is 0 Å². The Morgan fingerprint density at radius 3 is 2.88 bits per heavy atom. The summed E-state index contributed by atoms with van der Waals surface area (Å²) in [4.78, 5) is 14.0. The normalized spacial score (nSPS) is 14.1. The van der Waals surface area contributed by atoms with Crippen LogP contribution >= 0.6 is 0 Å². The van der Waals surface area contributed by atoms with Crippen LogP contribution in [0.5, 0.6) is 0 Å². The molecule has 1 aromatic carbocycles. The Morgan fingerprint density at radius 1 is 1.53 bits per heavy atom. The second-order valence-electron chi connectivity index (χ2n) is 4.46. The van der Waals surface area contributed by atoms with E-state index in [1.54, 1.807) is 29.2 Å². The maximum Gasteiger partial charge on any atom is 0.254 e. The van der Waals surface area contributed by atoms with Crippen molar-refractivity contribution in [2.75, 3.05) is 18.8 Å². The summed E-state index contributed by atoms with van der Waals surface area (Å²) in [5, 5.41) is 0. The van der Waals surface area contributed by atoms with Gasteiger partial charge in [0.1, 0.15) is 0 Å². The fraction of sp³-hybridized carbons (Fsp3) is 0.357. The third kappa shape index (κ3) is 3.01. The van der Waals surface area contributed by atoms with Gasteiger partial charge in [-0.15, -0.1) is 6.42 Å². The molecule has 2 rings (SSSR count). The third-order valence-electron chi connectivity index (χ3n) is 2.88. The van der Waals surface area contributed by atoms with Gasteiger partial charge in [-0.05, 0) is 37.0 Å². The van der Waals surface area contributed by atoms with Crippen molar-refractivity contribution >= 4 is 11.6 Å². The summed E-state index contributed by atoms with van der Waals surface area (Å²) < 4.78 is 0. The summed E-state index contributed by atoms with van der Waals surface area (Å²) in [6, 6.07) is 7.02. The zero-order chi connectivity index (χ0) is 12.3. The van der Waals surface area contributed by atoms with Gasteiger partial charge in [-0.3, -0.25) is 4.79 Å². The van der Waals surface area contributed by atoms with Crippen molar-refractivity contribution in [3.63, 3.8) is 0 Å². The lowest BCUT2D eigenvalue weighted by Crippen LogP contribution is -2.33. The smallest absolute Gasteiger partial charge is 0.254 e. The number of terminal acetylenes is 1. The van der Waals surface area contributed by atoms with Gasteiger partial charge in [-0.1, -0.05) is 12.0 Å². The lowest BCUT2D eigenvalue weighted by atomic mass is 10.1. The molecule has 0 aromatic heterocycles. The van der Waals surface area contributed by atoms with Crippen molar-refractivity contribution in [3.05, 3.63) is 29.8 Å². The van der Waals surface area contributed by atoms with E-state index in [0.717, 1.165) is 6.54 Å². The molecule has 3 heteroatoms. The van der Waals surface area contributed by atoms with Crippen LogP contribution in [0.15, 0.2) is 24.3 Å². The first kappa shape index (κ1) is 11.5. The van der Waals surface area contributed by atoms with Gasteiger partial charge in [-0.25, -0.2) is 0 Å². The Bertz CT molecular complexity index is 458. The van der Waals surface area contributed by atoms with E-state index in [4.69, 9.17) is 12.2 Å². The zero-order valence-electron chi connectivity index (χ0n) is 9.73. The molecule has 0 radical (unpaired) electrons. The first-order valence-corrected chi connectivity index (χ1v) is 5.79. The van der Waals surface area contributed by atoms with E-state index in [1.165, 1.54) is 12.8 Å². The van der Waals surface area contributed by atoms with Gasteiger partial charge in [0.15, 0.2) is 0 Å². The molecular formula is C14H16N2O. The second-order valence-corrected chi connectivity index (χ2v) is 4.46. The summed E-state index contributed by atoms with van der Waals surface area (Å²) in [5.74, 6) is 3.15. The molecule has 1 aliphatic carbocycles. The maximum atomic E-state index is 12.2. The van der Waals surface area contributed by atoms with Crippen molar-refractivity contribution in [3.8, 4) is 12.3 Å². The summed E-state index contributed by atoms with van der Waals surface area (Å²) in [5.41, 5.74) is 6.88. The van der Waals surface area contributed by atoms with Crippen molar-refractivity contribution in [2.45, 2.75) is 12.8 Å². The average Bonchev–Trinajstić information content (AvgIpc) is 3.11. The quantitative estimate of drug-likeness (QED) is 0.630. The number of nitrogen functional groups attached to an aromatic ring is 1. The standard InChI is InChI=1S/C14H16N2O/c1-2-8-16(10-11-6-7-11)14(17)12-4-3-5-13(15)9-12/h1,3-5,9,11H,6-8,10,15H2. The molecule has 0 aliphatic heterocycles. The van der Waals surface area contributed by atoms with Crippen LogP contribution in [-0.2, 0) is 0 Å². The molecule has 0 atom stereocenters. The molecule has 0 unspecified atom stereocenters. The number of nitrogens with zero attached hydrogens (tertiary/aromatic N) is 1. The van der Waals surface area contributed by atoms with E-state index < -0.39 is 0 Å². The van der Waals surface area contributed by atoms with Crippen molar-refractivity contribution in [1.29, 1.82) is 0 Å². The molecule has 1 aromatic rings. The molecule has 1 amide bonds. The number of amides is 1. The highest BCUT2D eigenvalue weighted by molar-refractivity contribution is 5.95. The fourth-order valence-electron chi connectivity index (χ4n) is 1.80. The minimum atomic E-state index is -0.0258. The molecule has 1 saturated carbocycles. The summed E-state index contributed by atoms with van der Waals surface area (Å²) in [7, 11) is 0. The van der Waals surface area contributed by atoms with Crippen LogP contribution in [0.3, 0.4) is 0 Å². The molecular weight excluding hydrogens is 212 g/mol. The summed E-state index contributed by atoms with van der Waals surface area (Å²) in [6.45, 7) is 1.13. The van der Waals surface area contributed by atoms with Gasteiger partial charge in [0.05, 0.1) is 6.54 Å². The van der Waals surface area contributed by atoms with Gasteiger partial charge in [0.2, 0.25) is 0 Å². The van der Waals surface area contributed by atoms with E-state index >= 15 is 0 Å². The molecule has 3 nitrogen and oxygen atoms in total. The van der Waals surface area contributed by atoms with Gasteiger partial charge in [0, 0.05) is 17.8 Å². The number of hydrogen-bond acceptors (Lipinski definition) is 2. The zero-order valence-corrected chi connectivity index (χ0v) is 9.73. The first-order chi connectivity index (χ1) is 8.20. The van der Waals surface area contributed by atoms with Crippen molar-refractivity contribution < 1.29 is 4.79 Å². The SMILES string of the molecule is C#CCN(CC1CC1)C(=O)c1cccc(N)c1. The molecule has 0 spiro atoms. The van der Waals surface area contributed by atoms with E-state index in [9.17, 15) is 4.79 Å². The number of hydrogen-bond donors (Lipinski definition) is 1. The number of nitrogens with two attached hydrogens (primary N) is 1. The molecule has 17 heavy (non-hydrogen) atoms. The lowest BCUT2D eigenvalue weighted by Gasteiger charge is -2.20.